The van der Waals surface area contributed by atoms with E-state index < -0.39 is 0 Å². The van der Waals surface area contributed by atoms with Crippen molar-refractivity contribution >= 4 is 17.4 Å². The molecular formula is C22H25FN6O. The highest BCUT2D eigenvalue weighted by molar-refractivity contribution is 5.93. The highest BCUT2D eigenvalue weighted by Gasteiger charge is 2.28. The molecule has 8 heteroatoms. The van der Waals surface area contributed by atoms with Gasteiger partial charge in [0.05, 0.1) is 25.0 Å². The maximum absolute atomic E-state index is 13.2. The number of nitrogens with one attached hydrogen (secondary N) is 2. The van der Waals surface area contributed by atoms with Crippen LogP contribution in [0.15, 0.2) is 48.9 Å². The summed E-state index contributed by atoms with van der Waals surface area (Å²) in [5.74, 6) is 0.251. The number of anilines is 2. The summed E-state index contributed by atoms with van der Waals surface area (Å²) in [7, 11) is 1.91. The lowest BCUT2D eigenvalue weighted by atomic mass is 9.93. The molecule has 0 fully saturated rings. The summed E-state index contributed by atoms with van der Waals surface area (Å²) in [4.78, 5) is 18.1. The van der Waals surface area contributed by atoms with Gasteiger partial charge < -0.3 is 15.5 Å². The van der Waals surface area contributed by atoms with Gasteiger partial charge in [0.1, 0.15) is 11.6 Å². The smallest absolute Gasteiger partial charge is 0.223 e. The van der Waals surface area contributed by atoms with E-state index in [-0.39, 0.29) is 17.8 Å². The van der Waals surface area contributed by atoms with Crippen molar-refractivity contribution in [2.24, 2.45) is 0 Å². The van der Waals surface area contributed by atoms with E-state index >= 15 is 0 Å². The van der Waals surface area contributed by atoms with Crippen molar-refractivity contribution in [1.29, 1.82) is 0 Å². The fraction of sp³-hybridized carbons (Fsp3) is 0.318. The number of amides is 1. The molecule has 0 radical (unpaired) electrons. The van der Waals surface area contributed by atoms with Crippen LogP contribution < -0.4 is 15.5 Å². The summed E-state index contributed by atoms with van der Waals surface area (Å²) in [6.45, 7) is 3.83. The van der Waals surface area contributed by atoms with Gasteiger partial charge >= 0.3 is 0 Å². The Kier molecular flexibility index (Phi) is 5.76. The van der Waals surface area contributed by atoms with Crippen LogP contribution in [-0.4, -0.2) is 40.8 Å². The minimum Gasteiger partial charge on any atom is -0.363 e. The maximum Gasteiger partial charge on any atom is 0.223 e. The molecule has 0 bridgehead atoms. The van der Waals surface area contributed by atoms with E-state index in [0.29, 0.717) is 12.4 Å². The first-order chi connectivity index (χ1) is 14.5. The Morgan fingerprint density at radius 2 is 2.10 bits per heavy atom. The topological polar surface area (TPSA) is 75.1 Å². The maximum atomic E-state index is 13.2. The molecule has 30 heavy (non-hydrogen) atoms. The van der Waals surface area contributed by atoms with Crippen molar-refractivity contribution in [2.45, 2.75) is 25.9 Å². The van der Waals surface area contributed by atoms with E-state index in [4.69, 9.17) is 0 Å². The lowest BCUT2D eigenvalue weighted by Gasteiger charge is -2.34. The molecule has 7 nitrogen and oxygen atoms in total. The van der Waals surface area contributed by atoms with Crippen LogP contribution in [0.3, 0.4) is 0 Å². The van der Waals surface area contributed by atoms with Crippen LogP contribution in [0.2, 0.25) is 0 Å². The molecule has 1 atom stereocenters. The molecule has 1 aliphatic heterocycles. The molecule has 1 amide bonds. The lowest BCUT2D eigenvalue weighted by molar-refractivity contribution is -0.116. The molecular weight excluding hydrogens is 383 g/mol. The van der Waals surface area contributed by atoms with Crippen LogP contribution in [0.1, 0.15) is 24.9 Å². The summed E-state index contributed by atoms with van der Waals surface area (Å²) in [5.41, 5.74) is 3.96. The van der Waals surface area contributed by atoms with Gasteiger partial charge in [0, 0.05) is 37.5 Å². The fourth-order valence-corrected chi connectivity index (χ4v) is 3.77. The Bertz CT molecular complexity index is 1030. The molecule has 1 aliphatic rings. The summed E-state index contributed by atoms with van der Waals surface area (Å²) in [6.07, 6.45) is 5.81. The molecule has 1 unspecified atom stereocenters. The zero-order valence-corrected chi connectivity index (χ0v) is 17.1. The number of likely N-dealkylation sites (N-methyl/N-ethyl adjacent to an activating group) is 1. The summed E-state index contributed by atoms with van der Waals surface area (Å²) >= 11 is 0. The zero-order valence-electron chi connectivity index (χ0n) is 17.1. The number of nitrogens with zero attached hydrogens (tertiary/aromatic N) is 4. The fourth-order valence-electron chi connectivity index (χ4n) is 3.77. The predicted octanol–water partition coefficient (Wildman–Crippen LogP) is 3.21. The van der Waals surface area contributed by atoms with Gasteiger partial charge in [0.25, 0.3) is 0 Å². The number of carbonyl (C=O) groups is 1. The number of pyridine rings is 1. The predicted molar refractivity (Wildman–Crippen MR) is 115 cm³/mol. The zero-order chi connectivity index (χ0) is 21.1. The summed E-state index contributed by atoms with van der Waals surface area (Å²) in [6, 6.07) is 9.09. The second kappa shape index (κ2) is 8.62. The monoisotopic (exact) mass is 408 g/mol. The lowest BCUT2D eigenvalue weighted by Crippen LogP contribution is -2.36. The molecule has 3 heterocycles. The molecule has 156 valence electrons. The summed E-state index contributed by atoms with van der Waals surface area (Å²) < 4.78 is 15.1. The number of halogens is 1. The number of benzene rings is 1. The van der Waals surface area contributed by atoms with Crippen LogP contribution >= 0.6 is 0 Å². The van der Waals surface area contributed by atoms with E-state index in [1.165, 1.54) is 12.3 Å². The van der Waals surface area contributed by atoms with Crippen LogP contribution in [0.5, 0.6) is 0 Å². The van der Waals surface area contributed by atoms with Crippen LogP contribution in [0.4, 0.5) is 15.9 Å². The number of aromatic nitrogens is 3. The van der Waals surface area contributed by atoms with Gasteiger partial charge in [-0.3, -0.25) is 9.48 Å². The van der Waals surface area contributed by atoms with E-state index in [2.05, 4.69) is 26.8 Å². The SMILES string of the molecule is CNCCn1cc(-c2ccc3c(c2)C(Nc2ccc(F)cn2)CCN3C(C)=O)cn1. The quantitative estimate of drug-likeness (QED) is 0.655. The van der Waals surface area contributed by atoms with E-state index in [1.807, 2.05) is 36.3 Å². The minimum absolute atomic E-state index is 0.0160. The number of carbonyl (C=O) groups excluding carboxylic acids is 1. The van der Waals surface area contributed by atoms with E-state index in [1.54, 1.807) is 17.9 Å². The molecule has 4 rings (SSSR count). The third-order valence-electron chi connectivity index (χ3n) is 5.32. The van der Waals surface area contributed by atoms with E-state index in [0.717, 1.165) is 41.9 Å². The number of fused-ring (bicyclic) bond motifs is 1. The number of hydrogen-bond donors (Lipinski definition) is 2. The van der Waals surface area contributed by atoms with Gasteiger partial charge in [-0.1, -0.05) is 6.07 Å². The van der Waals surface area contributed by atoms with Crippen molar-refractivity contribution in [2.75, 3.05) is 30.4 Å². The number of hydrogen-bond acceptors (Lipinski definition) is 5. The first kappa shape index (κ1) is 20.0. The third kappa shape index (κ3) is 4.18. The van der Waals surface area contributed by atoms with Gasteiger partial charge in [0.15, 0.2) is 0 Å². The highest BCUT2D eigenvalue weighted by atomic mass is 19.1. The van der Waals surface area contributed by atoms with Gasteiger partial charge in [-0.25, -0.2) is 9.37 Å². The highest BCUT2D eigenvalue weighted by Crippen LogP contribution is 2.38. The molecule has 1 aromatic carbocycles. The van der Waals surface area contributed by atoms with Gasteiger partial charge in [0.2, 0.25) is 5.91 Å². The van der Waals surface area contributed by atoms with Gasteiger partial charge in [-0.05, 0) is 48.9 Å². The Morgan fingerprint density at radius 1 is 1.23 bits per heavy atom. The largest absolute Gasteiger partial charge is 0.363 e. The average molecular weight is 408 g/mol. The molecule has 0 saturated heterocycles. The Balaban J connectivity index is 1.67. The second-order valence-corrected chi connectivity index (χ2v) is 7.39. The van der Waals surface area contributed by atoms with Gasteiger partial charge in [-0.15, -0.1) is 0 Å². The van der Waals surface area contributed by atoms with E-state index in [9.17, 15) is 9.18 Å². The van der Waals surface area contributed by atoms with Crippen LogP contribution in [0, 0.1) is 5.82 Å². The standard InChI is InChI=1S/C22H25FN6O/c1-15(30)29-9-7-20(27-22-6-4-18(23)13-25-22)19-11-16(3-5-21(19)29)17-12-26-28(14-17)10-8-24-2/h3-6,11-14,20,24H,7-10H2,1-2H3,(H,25,27). The van der Waals surface area contributed by atoms with Crippen LogP contribution in [-0.2, 0) is 11.3 Å². The molecule has 0 aliphatic carbocycles. The summed E-state index contributed by atoms with van der Waals surface area (Å²) in [5, 5.41) is 10.9. The normalized spacial score (nSPS) is 15.7. The van der Waals surface area contributed by atoms with Crippen molar-refractivity contribution in [3.05, 3.63) is 60.3 Å². The second-order valence-electron chi connectivity index (χ2n) is 7.39. The third-order valence-corrected chi connectivity index (χ3v) is 5.32. The van der Waals surface area contributed by atoms with Crippen molar-refractivity contribution in [3.63, 3.8) is 0 Å². The average Bonchev–Trinajstić information content (AvgIpc) is 3.22. The molecule has 2 N–H and O–H groups in total. The molecule has 0 saturated carbocycles. The molecule has 0 spiro atoms. The Labute approximate surface area is 174 Å². The van der Waals surface area contributed by atoms with Gasteiger partial charge in [-0.2, -0.15) is 5.10 Å². The van der Waals surface area contributed by atoms with Crippen molar-refractivity contribution in [3.8, 4) is 11.1 Å². The first-order valence-electron chi connectivity index (χ1n) is 10.0. The minimum atomic E-state index is -0.370. The number of rotatable bonds is 6. The van der Waals surface area contributed by atoms with Crippen molar-refractivity contribution in [1.82, 2.24) is 20.1 Å². The first-order valence-corrected chi connectivity index (χ1v) is 10.0. The van der Waals surface area contributed by atoms with Crippen molar-refractivity contribution < 1.29 is 9.18 Å². The van der Waals surface area contributed by atoms with Crippen LogP contribution in [0.25, 0.3) is 11.1 Å². The Morgan fingerprint density at radius 3 is 2.83 bits per heavy atom. The Hall–Kier alpha value is -3.26. The molecule has 2 aromatic heterocycles. The molecule has 3 aromatic rings.